The van der Waals surface area contributed by atoms with E-state index in [1.165, 1.54) is 44.9 Å². The Morgan fingerprint density at radius 1 is 1.09 bits per heavy atom. The minimum Gasteiger partial charge on any atom is -0.356 e. The zero-order valence-corrected chi connectivity index (χ0v) is 21.7. The average molecular weight is 463 g/mol. The molecule has 3 aliphatic rings. The number of nitrogens with one attached hydrogen (secondary N) is 1. The first-order chi connectivity index (χ1) is 15.3. The Morgan fingerprint density at radius 3 is 2.28 bits per heavy atom. The highest BCUT2D eigenvalue weighted by molar-refractivity contribution is 6.17. The van der Waals surface area contributed by atoms with Crippen LogP contribution in [0.5, 0.6) is 0 Å². The highest BCUT2D eigenvalue weighted by Gasteiger charge is 2.48. The summed E-state index contributed by atoms with van der Waals surface area (Å²) >= 11 is 5.00. The molecule has 3 saturated carbocycles. The SMILES string of the molecule is CC1CC2CC(C)(C)CC(c3ccccc3)(C1)C2.CCCl.NCC1CCC(NC=O)CC1. The topological polar surface area (TPSA) is 55.1 Å². The molecule has 4 rings (SSSR count). The Balaban J connectivity index is 0.000000222. The normalized spacial score (nSPS) is 32.9. The van der Waals surface area contributed by atoms with Crippen molar-refractivity contribution >= 4 is 18.0 Å². The van der Waals surface area contributed by atoms with Gasteiger partial charge in [0, 0.05) is 11.9 Å². The molecule has 2 bridgehead atoms. The summed E-state index contributed by atoms with van der Waals surface area (Å²) in [4.78, 5) is 10.1. The van der Waals surface area contributed by atoms with Gasteiger partial charge in [-0.15, -0.1) is 11.6 Å². The first kappa shape index (κ1) is 27.2. The molecule has 4 heteroatoms. The molecule has 0 aliphatic heterocycles. The zero-order valence-electron chi connectivity index (χ0n) is 20.9. The van der Waals surface area contributed by atoms with Crippen LogP contribution in [0.15, 0.2) is 30.3 Å². The van der Waals surface area contributed by atoms with Gasteiger partial charge in [0.15, 0.2) is 0 Å². The highest BCUT2D eigenvalue weighted by atomic mass is 35.5. The summed E-state index contributed by atoms with van der Waals surface area (Å²) < 4.78 is 0. The van der Waals surface area contributed by atoms with E-state index >= 15 is 0 Å². The lowest BCUT2D eigenvalue weighted by atomic mass is 9.51. The molecule has 3 N–H and O–H groups in total. The minimum absolute atomic E-state index is 0.412. The number of amides is 1. The number of alkyl halides is 1. The molecule has 0 saturated heterocycles. The van der Waals surface area contributed by atoms with Crippen LogP contribution in [0, 0.1) is 23.2 Å². The van der Waals surface area contributed by atoms with Gasteiger partial charge >= 0.3 is 0 Å². The first-order valence-corrected chi connectivity index (χ1v) is 13.3. The van der Waals surface area contributed by atoms with Crippen LogP contribution < -0.4 is 11.1 Å². The molecule has 3 atom stereocenters. The number of rotatable bonds is 4. The molecular weight excluding hydrogens is 416 g/mol. The van der Waals surface area contributed by atoms with Gasteiger partial charge in [0.05, 0.1) is 0 Å². The number of benzene rings is 1. The molecule has 0 spiro atoms. The summed E-state index contributed by atoms with van der Waals surface area (Å²) in [6.45, 7) is 10.1. The Hall–Kier alpha value is -1.06. The third kappa shape index (κ3) is 8.06. The quantitative estimate of drug-likeness (QED) is 0.387. The van der Waals surface area contributed by atoms with Crippen LogP contribution in [0.3, 0.4) is 0 Å². The van der Waals surface area contributed by atoms with Crippen LogP contribution in [0.25, 0.3) is 0 Å². The van der Waals surface area contributed by atoms with E-state index in [0.29, 0.717) is 22.8 Å². The molecule has 3 fully saturated rings. The number of halogens is 1. The maximum absolute atomic E-state index is 10.1. The van der Waals surface area contributed by atoms with Crippen molar-refractivity contribution < 1.29 is 4.79 Å². The van der Waals surface area contributed by atoms with Gasteiger partial charge in [0.1, 0.15) is 0 Å². The van der Waals surface area contributed by atoms with Crippen molar-refractivity contribution in [3.8, 4) is 0 Å². The Kier molecular flexibility index (Phi) is 11.0. The largest absolute Gasteiger partial charge is 0.356 e. The van der Waals surface area contributed by atoms with E-state index in [9.17, 15) is 4.79 Å². The van der Waals surface area contributed by atoms with Crippen LogP contribution in [-0.4, -0.2) is 24.9 Å². The van der Waals surface area contributed by atoms with E-state index in [1.54, 1.807) is 5.56 Å². The van der Waals surface area contributed by atoms with Crippen molar-refractivity contribution in [2.24, 2.45) is 28.9 Å². The summed E-state index contributed by atoms with van der Waals surface area (Å²) in [7, 11) is 0. The summed E-state index contributed by atoms with van der Waals surface area (Å²) in [5.74, 6) is 3.28. The third-order valence-electron chi connectivity index (χ3n) is 7.68. The van der Waals surface area contributed by atoms with E-state index < -0.39 is 0 Å². The first-order valence-electron chi connectivity index (χ1n) is 12.8. The maximum atomic E-state index is 10.1. The van der Waals surface area contributed by atoms with E-state index in [4.69, 9.17) is 17.3 Å². The monoisotopic (exact) mass is 462 g/mol. The zero-order chi connectivity index (χ0) is 23.6. The highest BCUT2D eigenvalue weighted by Crippen LogP contribution is 2.57. The summed E-state index contributed by atoms with van der Waals surface area (Å²) in [5, 5.41) is 2.81. The van der Waals surface area contributed by atoms with E-state index in [-0.39, 0.29) is 0 Å². The second-order valence-electron chi connectivity index (χ2n) is 11.3. The molecule has 1 aromatic rings. The van der Waals surface area contributed by atoms with Gasteiger partial charge in [0.2, 0.25) is 6.41 Å². The van der Waals surface area contributed by atoms with Gasteiger partial charge < -0.3 is 11.1 Å². The average Bonchev–Trinajstić information content (AvgIpc) is 2.74. The van der Waals surface area contributed by atoms with Gasteiger partial charge in [-0.1, -0.05) is 58.0 Å². The predicted molar refractivity (Wildman–Crippen MR) is 138 cm³/mol. The molecular formula is C28H47ClN2O. The Morgan fingerprint density at radius 2 is 1.72 bits per heavy atom. The fourth-order valence-electron chi connectivity index (χ4n) is 6.90. The van der Waals surface area contributed by atoms with E-state index in [2.05, 4.69) is 56.4 Å². The van der Waals surface area contributed by atoms with Crippen molar-refractivity contribution in [3.05, 3.63) is 35.9 Å². The number of hydrogen-bond acceptors (Lipinski definition) is 2. The predicted octanol–water partition coefficient (Wildman–Crippen LogP) is 6.68. The lowest BCUT2D eigenvalue weighted by molar-refractivity contribution is -0.110. The van der Waals surface area contributed by atoms with E-state index in [0.717, 1.165) is 43.5 Å². The lowest BCUT2D eigenvalue weighted by Crippen LogP contribution is -2.45. The molecule has 3 nitrogen and oxygen atoms in total. The standard InChI is InChI=1S/C18H26.C8H16N2O.C2H5Cl/c1-14-9-15-11-17(2,3)13-18(10-14,12-15)16-7-5-4-6-8-16;9-5-7-1-3-8(4-2-7)10-6-11;1-2-3/h4-8,14-15H,9-13H2,1-3H3;6-8H,1-5,9H2,(H,10,11);2H2,1H3. The molecule has 3 unspecified atom stereocenters. The minimum atomic E-state index is 0.412. The van der Waals surface area contributed by atoms with Crippen LogP contribution in [-0.2, 0) is 10.2 Å². The summed E-state index contributed by atoms with van der Waals surface area (Å²) in [6, 6.07) is 11.8. The van der Waals surface area contributed by atoms with Crippen LogP contribution in [0.2, 0.25) is 0 Å². The van der Waals surface area contributed by atoms with Crippen molar-refractivity contribution in [2.45, 2.75) is 96.9 Å². The molecule has 1 aromatic carbocycles. The summed E-state index contributed by atoms with van der Waals surface area (Å²) in [5.41, 5.74) is 8.14. The fourth-order valence-corrected chi connectivity index (χ4v) is 6.90. The molecule has 1 amide bonds. The van der Waals surface area contributed by atoms with Gasteiger partial charge in [0.25, 0.3) is 0 Å². The molecule has 182 valence electrons. The van der Waals surface area contributed by atoms with Crippen molar-refractivity contribution in [1.29, 1.82) is 0 Å². The third-order valence-corrected chi connectivity index (χ3v) is 7.68. The molecule has 0 radical (unpaired) electrons. The number of nitrogens with two attached hydrogens (primary N) is 1. The number of carbonyl (C=O) groups excluding carboxylic acids is 1. The molecule has 0 aromatic heterocycles. The number of fused-ring (bicyclic) bond motifs is 2. The van der Waals surface area contributed by atoms with Crippen LogP contribution >= 0.6 is 11.6 Å². The number of carbonyl (C=O) groups is 1. The van der Waals surface area contributed by atoms with Crippen LogP contribution in [0.1, 0.15) is 91.0 Å². The molecule has 0 heterocycles. The smallest absolute Gasteiger partial charge is 0.207 e. The molecule has 32 heavy (non-hydrogen) atoms. The molecule has 3 aliphatic carbocycles. The van der Waals surface area contributed by atoms with Gasteiger partial charge in [-0.25, -0.2) is 0 Å². The second kappa shape index (κ2) is 13.0. The van der Waals surface area contributed by atoms with Gasteiger partial charge in [-0.3, -0.25) is 4.79 Å². The Labute approximate surface area is 202 Å². The maximum Gasteiger partial charge on any atom is 0.207 e. The van der Waals surface area contributed by atoms with Gasteiger partial charge in [-0.05, 0) is 98.5 Å². The summed E-state index contributed by atoms with van der Waals surface area (Å²) in [6.07, 6.45) is 12.4. The van der Waals surface area contributed by atoms with Gasteiger partial charge in [-0.2, -0.15) is 0 Å². The Bertz CT molecular complexity index is 653. The van der Waals surface area contributed by atoms with Crippen molar-refractivity contribution in [1.82, 2.24) is 5.32 Å². The van der Waals surface area contributed by atoms with E-state index in [1.807, 2.05) is 6.92 Å². The second-order valence-corrected chi connectivity index (χ2v) is 11.8. The lowest BCUT2D eigenvalue weighted by Gasteiger charge is -2.54. The van der Waals surface area contributed by atoms with Crippen LogP contribution in [0.4, 0.5) is 0 Å². The van der Waals surface area contributed by atoms with Crippen molar-refractivity contribution in [3.63, 3.8) is 0 Å². The van der Waals surface area contributed by atoms with Crippen molar-refractivity contribution in [2.75, 3.05) is 12.4 Å². The fraction of sp³-hybridized carbons (Fsp3) is 0.750. The number of hydrogen-bond donors (Lipinski definition) is 2.